The third-order valence-corrected chi connectivity index (χ3v) is 5.93. The summed E-state index contributed by atoms with van der Waals surface area (Å²) in [6, 6.07) is 9.77. The first-order valence-electron chi connectivity index (χ1n) is 9.49. The highest BCUT2D eigenvalue weighted by Crippen LogP contribution is 2.34. The third-order valence-electron chi connectivity index (χ3n) is 4.72. The standard InChI is InChI=1S/C22H10ClF3N4O4S/c23-16-3-1-13(22(24,25)26)7-17(16)28-9-12(8-27)20-29-18(10-35-20)15-6-11-5-14(30(32)33)2-4-19(11)34-21(15)31/h1-7,9-10,28H. The molecule has 0 amide bonds. The Kier molecular flexibility index (Phi) is 6.29. The number of thiazole rings is 1. The molecule has 176 valence electrons. The van der Waals surface area contributed by atoms with E-state index in [0.29, 0.717) is 5.39 Å². The predicted octanol–water partition coefficient (Wildman–Crippen LogP) is 6.47. The summed E-state index contributed by atoms with van der Waals surface area (Å²) in [5.74, 6) is 0. The van der Waals surface area contributed by atoms with Gasteiger partial charge in [0.1, 0.15) is 22.2 Å². The number of fused-ring (bicyclic) bond motifs is 1. The molecule has 0 aliphatic carbocycles. The number of non-ortho nitro benzene ring substituents is 1. The number of hydrogen-bond acceptors (Lipinski definition) is 8. The summed E-state index contributed by atoms with van der Waals surface area (Å²) in [5.41, 5.74) is -1.61. The number of nitrogens with zero attached hydrogens (tertiary/aromatic N) is 3. The van der Waals surface area contributed by atoms with Crippen molar-refractivity contribution in [3.05, 3.63) is 90.2 Å². The molecule has 8 nitrogen and oxygen atoms in total. The normalized spacial score (nSPS) is 11.9. The predicted molar refractivity (Wildman–Crippen MR) is 124 cm³/mol. The van der Waals surface area contributed by atoms with E-state index in [9.17, 15) is 33.3 Å². The molecule has 2 heterocycles. The average Bonchev–Trinajstić information content (AvgIpc) is 3.28. The molecule has 0 fully saturated rings. The van der Waals surface area contributed by atoms with Gasteiger partial charge in [-0.15, -0.1) is 11.3 Å². The highest BCUT2D eigenvalue weighted by Gasteiger charge is 2.31. The first-order valence-corrected chi connectivity index (χ1v) is 10.7. The number of nitro groups is 1. The lowest BCUT2D eigenvalue weighted by Crippen LogP contribution is -2.05. The minimum atomic E-state index is -4.58. The molecule has 0 bridgehead atoms. The second-order valence-electron chi connectivity index (χ2n) is 6.97. The summed E-state index contributed by atoms with van der Waals surface area (Å²) in [7, 11) is 0. The van der Waals surface area contributed by atoms with E-state index < -0.39 is 22.3 Å². The molecule has 0 saturated carbocycles. The number of allylic oxidation sites excluding steroid dienone is 1. The second-order valence-corrected chi connectivity index (χ2v) is 8.24. The smallest absolute Gasteiger partial charge is 0.416 e. The van der Waals surface area contributed by atoms with Gasteiger partial charge in [0.25, 0.3) is 5.69 Å². The molecule has 13 heteroatoms. The molecule has 35 heavy (non-hydrogen) atoms. The van der Waals surface area contributed by atoms with Crippen LogP contribution >= 0.6 is 22.9 Å². The van der Waals surface area contributed by atoms with Gasteiger partial charge in [-0.3, -0.25) is 10.1 Å². The molecule has 0 unspecified atom stereocenters. The number of nitriles is 1. The molecule has 0 radical (unpaired) electrons. The van der Waals surface area contributed by atoms with Crippen molar-refractivity contribution in [1.29, 1.82) is 5.26 Å². The molecular weight excluding hydrogens is 509 g/mol. The molecule has 4 aromatic rings. The van der Waals surface area contributed by atoms with E-state index in [-0.39, 0.29) is 43.8 Å². The molecule has 2 aromatic carbocycles. The Morgan fingerprint density at radius 1 is 1.26 bits per heavy atom. The molecule has 1 N–H and O–H groups in total. The fourth-order valence-electron chi connectivity index (χ4n) is 3.03. The zero-order valence-electron chi connectivity index (χ0n) is 17.1. The maximum absolute atomic E-state index is 13.0. The van der Waals surface area contributed by atoms with Gasteiger partial charge in [-0.05, 0) is 30.3 Å². The summed E-state index contributed by atoms with van der Waals surface area (Å²) >= 11 is 6.96. The van der Waals surface area contributed by atoms with Gasteiger partial charge in [0.05, 0.1) is 32.5 Å². The number of aromatic nitrogens is 1. The van der Waals surface area contributed by atoms with Crippen molar-refractivity contribution in [2.45, 2.75) is 6.18 Å². The minimum Gasteiger partial charge on any atom is -0.422 e. The van der Waals surface area contributed by atoms with Crippen LogP contribution in [0.2, 0.25) is 5.02 Å². The Hall–Kier alpha value is -4.21. The van der Waals surface area contributed by atoms with Crippen LogP contribution < -0.4 is 10.9 Å². The largest absolute Gasteiger partial charge is 0.422 e. The van der Waals surface area contributed by atoms with Crippen molar-refractivity contribution in [2.24, 2.45) is 0 Å². The fourth-order valence-corrected chi connectivity index (χ4v) is 3.99. The van der Waals surface area contributed by atoms with Gasteiger partial charge in [0.2, 0.25) is 0 Å². The van der Waals surface area contributed by atoms with Crippen LogP contribution in [0.1, 0.15) is 10.6 Å². The van der Waals surface area contributed by atoms with E-state index in [1.165, 1.54) is 29.6 Å². The number of halogens is 4. The summed E-state index contributed by atoms with van der Waals surface area (Å²) in [4.78, 5) is 27.1. The van der Waals surface area contributed by atoms with Crippen molar-refractivity contribution in [1.82, 2.24) is 4.98 Å². The van der Waals surface area contributed by atoms with Crippen molar-refractivity contribution >= 4 is 50.9 Å². The molecule has 0 aliphatic heterocycles. The van der Waals surface area contributed by atoms with E-state index in [4.69, 9.17) is 16.0 Å². The quantitative estimate of drug-likeness (QED) is 0.139. The van der Waals surface area contributed by atoms with Crippen molar-refractivity contribution in [3.63, 3.8) is 0 Å². The van der Waals surface area contributed by atoms with E-state index in [1.807, 2.05) is 6.07 Å². The maximum atomic E-state index is 13.0. The van der Waals surface area contributed by atoms with Crippen LogP contribution in [0.3, 0.4) is 0 Å². The lowest BCUT2D eigenvalue weighted by molar-refractivity contribution is -0.384. The lowest BCUT2D eigenvalue weighted by atomic mass is 10.1. The van der Waals surface area contributed by atoms with Crippen LogP contribution in [0.25, 0.3) is 27.8 Å². The van der Waals surface area contributed by atoms with Crippen LogP contribution in [0, 0.1) is 21.4 Å². The topological polar surface area (TPSA) is 122 Å². The fraction of sp³-hybridized carbons (Fsp3) is 0.0455. The number of alkyl halides is 3. The molecule has 2 aromatic heterocycles. The van der Waals surface area contributed by atoms with Crippen LogP contribution in [-0.2, 0) is 6.18 Å². The monoisotopic (exact) mass is 518 g/mol. The Bertz CT molecular complexity index is 1610. The van der Waals surface area contributed by atoms with Crippen LogP contribution in [-0.4, -0.2) is 9.91 Å². The Morgan fingerprint density at radius 3 is 2.71 bits per heavy atom. The maximum Gasteiger partial charge on any atom is 0.416 e. The Balaban J connectivity index is 1.67. The highest BCUT2D eigenvalue weighted by atomic mass is 35.5. The van der Waals surface area contributed by atoms with Gasteiger partial charge < -0.3 is 9.73 Å². The zero-order valence-corrected chi connectivity index (χ0v) is 18.7. The number of rotatable bonds is 5. The van der Waals surface area contributed by atoms with Gasteiger partial charge in [0.15, 0.2) is 0 Å². The number of nitro benzene ring substituents is 1. The summed E-state index contributed by atoms with van der Waals surface area (Å²) in [6.45, 7) is 0. The van der Waals surface area contributed by atoms with Crippen molar-refractivity contribution in [3.8, 4) is 17.3 Å². The second kappa shape index (κ2) is 9.21. The highest BCUT2D eigenvalue weighted by molar-refractivity contribution is 7.11. The zero-order chi connectivity index (χ0) is 25.3. The van der Waals surface area contributed by atoms with Crippen LogP contribution in [0.4, 0.5) is 24.5 Å². The first-order chi connectivity index (χ1) is 16.6. The van der Waals surface area contributed by atoms with E-state index >= 15 is 0 Å². The van der Waals surface area contributed by atoms with Crippen molar-refractivity contribution < 1.29 is 22.5 Å². The Morgan fingerprint density at radius 2 is 2.03 bits per heavy atom. The molecule has 4 rings (SSSR count). The summed E-state index contributed by atoms with van der Waals surface area (Å²) < 4.78 is 44.1. The number of benzene rings is 2. The van der Waals surface area contributed by atoms with Gasteiger partial charge in [0, 0.05) is 29.1 Å². The molecule has 0 atom stereocenters. The molecule has 0 aliphatic rings. The summed E-state index contributed by atoms with van der Waals surface area (Å²) in [6.07, 6.45) is -3.43. The van der Waals surface area contributed by atoms with Gasteiger partial charge in [-0.2, -0.15) is 18.4 Å². The summed E-state index contributed by atoms with van der Waals surface area (Å²) in [5, 5.41) is 25.1. The molecule has 0 saturated heterocycles. The lowest BCUT2D eigenvalue weighted by Gasteiger charge is -2.10. The van der Waals surface area contributed by atoms with E-state index in [2.05, 4.69) is 10.3 Å². The third kappa shape index (κ3) is 5.01. The van der Waals surface area contributed by atoms with Crippen LogP contribution in [0.5, 0.6) is 0 Å². The SMILES string of the molecule is N#CC(=CNc1cc(C(F)(F)F)ccc1Cl)c1nc(-c2cc3cc([N+](=O)[O-])ccc3oc2=O)cs1. The molecular formula is C22H10ClF3N4O4S. The minimum absolute atomic E-state index is 0.00855. The molecule has 0 spiro atoms. The van der Waals surface area contributed by atoms with Gasteiger partial charge >= 0.3 is 11.8 Å². The number of anilines is 1. The number of hydrogen-bond donors (Lipinski definition) is 1. The van der Waals surface area contributed by atoms with E-state index in [0.717, 1.165) is 35.7 Å². The Labute approximate surface area is 202 Å². The first kappa shape index (κ1) is 23.9. The average molecular weight is 519 g/mol. The van der Waals surface area contributed by atoms with Gasteiger partial charge in [-0.25, -0.2) is 9.78 Å². The van der Waals surface area contributed by atoms with Crippen LogP contribution in [0.15, 0.2) is 63.3 Å². The number of nitrogens with one attached hydrogen (secondary N) is 1. The van der Waals surface area contributed by atoms with Gasteiger partial charge in [-0.1, -0.05) is 11.6 Å². The van der Waals surface area contributed by atoms with Crippen molar-refractivity contribution in [2.75, 3.05) is 5.32 Å². The van der Waals surface area contributed by atoms with E-state index in [1.54, 1.807) is 0 Å².